The van der Waals surface area contributed by atoms with E-state index in [0.29, 0.717) is 24.9 Å². The lowest BCUT2D eigenvalue weighted by atomic mass is 10.2. The molecule has 1 unspecified atom stereocenters. The van der Waals surface area contributed by atoms with Gasteiger partial charge in [-0.05, 0) is 12.2 Å². The number of thioether (sulfide) groups is 1. The fourth-order valence-electron chi connectivity index (χ4n) is 1.86. The van der Waals surface area contributed by atoms with Crippen LogP contribution in [0.15, 0.2) is 6.20 Å². The van der Waals surface area contributed by atoms with Crippen LogP contribution >= 0.6 is 11.8 Å². The normalized spacial score (nSPS) is 19.5. The van der Waals surface area contributed by atoms with Crippen LogP contribution in [-0.4, -0.2) is 64.0 Å². The zero-order valence-corrected chi connectivity index (χ0v) is 10.6. The third-order valence-electron chi connectivity index (χ3n) is 2.78. The molecule has 1 aromatic heterocycles. The molecule has 0 aromatic carbocycles. The molecule has 1 aromatic rings. The van der Waals surface area contributed by atoms with Crippen LogP contribution in [-0.2, 0) is 4.74 Å². The molecule has 0 bridgehead atoms. The van der Waals surface area contributed by atoms with E-state index in [2.05, 4.69) is 15.4 Å². The van der Waals surface area contributed by atoms with Crippen LogP contribution in [0, 0.1) is 0 Å². The Morgan fingerprint density at radius 3 is 3.24 bits per heavy atom. The second-order valence-corrected chi connectivity index (χ2v) is 5.01. The molecule has 1 amide bonds. The Balaban J connectivity index is 2.06. The Morgan fingerprint density at radius 2 is 2.65 bits per heavy atom. The SMILES string of the molecule is COCCN(C(=O)c1cn[nH]n1)C1CCSC1. The molecule has 0 radical (unpaired) electrons. The number of amides is 1. The summed E-state index contributed by atoms with van der Waals surface area (Å²) in [7, 11) is 1.64. The lowest BCUT2D eigenvalue weighted by Gasteiger charge is -2.27. The summed E-state index contributed by atoms with van der Waals surface area (Å²) in [5.74, 6) is 2.04. The van der Waals surface area contributed by atoms with Crippen molar-refractivity contribution in [2.45, 2.75) is 12.5 Å². The van der Waals surface area contributed by atoms with Crippen LogP contribution in [0.1, 0.15) is 16.9 Å². The highest BCUT2D eigenvalue weighted by Crippen LogP contribution is 2.23. The quantitative estimate of drug-likeness (QED) is 0.825. The van der Waals surface area contributed by atoms with Crippen molar-refractivity contribution in [3.63, 3.8) is 0 Å². The maximum absolute atomic E-state index is 12.2. The predicted octanol–water partition coefficient (Wildman–Crippen LogP) is 0.399. The molecule has 2 rings (SSSR count). The second-order valence-electron chi connectivity index (χ2n) is 3.86. The van der Waals surface area contributed by atoms with Crippen molar-refractivity contribution < 1.29 is 9.53 Å². The van der Waals surface area contributed by atoms with Gasteiger partial charge in [-0.2, -0.15) is 27.2 Å². The largest absolute Gasteiger partial charge is 0.383 e. The van der Waals surface area contributed by atoms with Crippen molar-refractivity contribution in [3.05, 3.63) is 11.9 Å². The molecule has 17 heavy (non-hydrogen) atoms. The van der Waals surface area contributed by atoms with Crippen molar-refractivity contribution in [2.75, 3.05) is 31.8 Å². The molecule has 1 saturated heterocycles. The average Bonchev–Trinajstić information content (AvgIpc) is 3.02. The molecule has 0 saturated carbocycles. The summed E-state index contributed by atoms with van der Waals surface area (Å²) in [5.41, 5.74) is 0.373. The van der Waals surface area contributed by atoms with Gasteiger partial charge in [-0.15, -0.1) is 0 Å². The molecule has 94 valence electrons. The minimum absolute atomic E-state index is 0.0664. The number of aromatic nitrogens is 3. The number of aromatic amines is 1. The number of methoxy groups -OCH3 is 1. The molecule has 1 atom stereocenters. The first-order valence-electron chi connectivity index (χ1n) is 5.56. The fraction of sp³-hybridized carbons (Fsp3) is 0.700. The molecular formula is C10H16N4O2S. The van der Waals surface area contributed by atoms with Crippen molar-refractivity contribution in [1.82, 2.24) is 20.3 Å². The maximum atomic E-state index is 12.2. The number of nitrogens with one attached hydrogen (secondary N) is 1. The highest BCUT2D eigenvalue weighted by Gasteiger charge is 2.28. The van der Waals surface area contributed by atoms with Crippen LogP contribution in [0.5, 0.6) is 0 Å². The topological polar surface area (TPSA) is 71.1 Å². The number of carbonyl (C=O) groups excluding carboxylic acids is 1. The molecule has 1 aliphatic heterocycles. The molecule has 6 nitrogen and oxygen atoms in total. The first-order chi connectivity index (χ1) is 8.33. The van der Waals surface area contributed by atoms with Crippen LogP contribution in [0.4, 0.5) is 0 Å². The highest BCUT2D eigenvalue weighted by molar-refractivity contribution is 7.99. The van der Waals surface area contributed by atoms with Gasteiger partial charge < -0.3 is 9.64 Å². The van der Waals surface area contributed by atoms with Crippen molar-refractivity contribution in [2.24, 2.45) is 0 Å². The van der Waals surface area contributed by atoms with Gasteiger partial charge in [-0.3, -0.25) is 4.79 Å². The van der Waals surface area contributed by atoms with E-state index >= 15 is 0 Å². The summed E-state index contributed by atoms with van der Waals surface area (Å²) < 4.78 is 5.05. The van der Waals surface area contributed by atoms with Crippen LogP contribution < -0.4 is 0 Å². The van der Waals surface area contributed by atoms with Crippen LogP contribution in [0.25, 0.3) is 0 Å². The first kappa shape index (κ1) is 12.4. The molecule has 1 aliphatic rings. The summed E-state index contributed by atoms with van der Waals surface area (Å²) >= 11 is 1.88. The third-order valence-corrected chi connectivity index (χ3v) is 3.92. The monoisotopic (exact) mass is 256 g/mol. The summed E-state index contributed by atoms with van der Waals surface area (Å²) in [6.45, 7) is 1.15. The fourth-order valence-corrected chi connectivity index (χ4v) is 3.08. The Kier molecular flexibility index (Phi) is 4.38. The summed E-state index contributed by atoms with van der Waals surface area (Å²) in [6, 6.07) is 0.291. The lowest BCUT2D eigenvalue weighted by Crippen LogP contribution is -2.42. The predicted molar refractivity (Wildman–Crippen MR) is 65.0 cm³/mol. The number of H-pyrrole nitrogens is 1. The summed E-state index contributed by atoms with van der Waals surface area (Å²) in [4.78, 5) is 14.1. The number of hydrogen-bond donors (Lipinski definition) is 1. The second kappa shape index (κ2) is 6.02. The molecule has 0 spiro atoms. The first-order valence-corrected chi connectivity index (χ1v) is 6.72. The van der Waals surface area contributed by atoms with Gasteiger partial charge in [0.2, 0.25) is 0 Å². The molecule has 1 fully saturated rings. The molecule has 2 heterocycles. The van der Waals surface area contributed by atoms with Crippen molar-refractivity contribution in [1.29, 1.82) is 0 Å². The van der Waals surface area contributed by atoms with Crippen LogP contribution in [0.3, 0.4) is 0 Å². The van der Waals surface area contributed by atoms with E-state index in [4.69, 9.17) is 4.74 Å². The van der Waals surface area contributed by atoms with E-state index in [0.717, 1.165) is 17.9 Å². The van der Waals surface area contributed by atoms with Gasteiger partial charge >= 0.3 is 0 Å². The van der Waals surface area contributed by atoms with E-state index in [1.807, 2.05) is 16.7 Å². The van der Waals surface area contributed by atoms with E-state index < -0.39 is 0 Å². The van der Waals surface area contributed by atoms with Gasteiger partial charge in [-0.25, -0.2) is 0 Å². The van der Waals surface area contributed by atoms with Gasteiger partial charge in [0.05, 0.1) is 12.8 Å². The summed E-state index contributed by atoms with van der Waals surface area (Å²) in [5, 5.41) is 9.98. The van der Waals surface area contributed by atoms with Crippen molar-refractivity contribution >= 4 is 17.7 Å². The minimum atomic E-state index is -0.0664. The molecule has 7 heteroatoms. The number of ether oxygens (including phenoxy) is 1. The minimum Gasteiger partial charge on any atom is -0.383 e. The van der Waals surface area contributed by atoms with Gasteiger partial charge in [0.1, 0.15) is 0 Å². The van der Waals surface area contributed by atoms with Crippen molar-refractivity contribution in [3.8, 4) is 0 Å². The smallest absolute Gasteiger partial charge is 0.276 e. The Hall–Kier alpha value is -1.08. The van der Waals surface area contributed by atoms with E-state index in [1.165, 1.54) is 6.20 Å². The molecular weight excluding hydrogens is 240 g/mol. The Morgan fingerprint density at radius 1 is 1.76 bits per heavy atom. The Labute approximate surface area is 104 Å². The molecule has 0 aliphatic carbocycles. The lowest BCUT2D eigenvalue weighted by molar-refractivity contribution is 0.0619. The number of nitrogens with zero attached hydrogens (tertiary/aromatic N) is 3. The van der Waals surface area contributed by atoms with E-state index in [1.54, 1.807) is 7.11 Å². The van der Waals surface area contributed by atoms with Gasteiger partial charge in [0.15, 0.2) is 5.69 Å². The third kappa shape index (κ3) is 2.98. The number of rotatable bonds is 5. The zero-order valence-electron chi connectivity index (χ0n) is 9.76. The summed E-state index contributed by atoms with van der Waals surface area (Å²) in [6.07, 6.45) is 2.50. The van der Waals surface area contributed by atoms with Gasteiger partial charge in [0, 0.05) is 25.4 Å². The maximum Gasteiger partial charge on any atom is 0.276 e. The van der Waals surface area contributed by atoms with E-state index in [-0.39, 0.29) is 5.91 Å². The van der Waals surface area contributed by atoms with Gasteiger partial charge in [-0.1, -0.05) is 0 Å². The standard InChI is InChI=1S/C10H16N4O2S/c1-16-4-3-14(8-2-5-17-7-8)10(15)9-6-11-13-12-9/h6,8H,2-5,7H2,1H3,(H,11,12,13). The van der Waals surface area contributed by atoms with Crippen LogP contribution in [0.2, 0.25) is 0 Å². The molecule has 1 N–H and O–H groups in total. The highest BCUT2D eigenvalue weighted by atomic mass is 32.2. The average molecular weight is 256 g/mol. The number of hydrogen-bond acceptors (Lipinski definition) is 5. The Bertz CT molecular complexity index is 351. The van der Waals surface area contributed by atoms with Gasteiger partial charge in [0.25, 0.3) is 5.91 Å². The number of carbonyl (C=O) groups is 1. The van der Waals surface area contributed by atoms with E-state index in [9.17, 15) is 4.79 Å². The zero-order chi connectivity index (χ0) is 12.1.